The first-order chi connectivity index (χ1) is 10.5. The van der Waals surface area contributed by atoms with Gasteiger partial charge >= 0.3 is 0 Å². The van der Waals surface area contributed by atoms with Crippen LogP contribution >= 0.6 is 0 Å². The van der Waals surface area contributed by atoms with Gasteiger partial charge in [-0.05, 0) is 24.0 Å². The fourth-order valence-corrected chi connectivity index (χ4v) is 2.42. The van der Waals surface area contributed by atoms with Crippen LogP contribution in [0.4, 0.5) is 0 Å². The van der Waals surface area contributed by atoms with Gasteiger partial charge in [-0.25, -0.2) is 15.0 Å². The summed E-state index contributed by atoms with van der Waals surface area (Å²) >= 11 is 0. The van der Waals surface area contributed by atoms with Crippen LogP contribution in [0.1, 0.15) is 39.1 Å². The van der Waals surface area contributed by atoms with Crippen molar-refractivity contribution in [2.45, 2.75) is 39.8 Å². The van der Waals surface area contributed by atoms with Crippen LogP contribution < -0.4 is 0 Å². The van der Waals surface area contributed by atoms with Gasteiger partial charge in [-0.2, -0.15) is 0 Å². The van der Waals surface area contributed by atoms with Gasteiger partial charge in [0.1, 0.15) is 24.1 Å². The molecule has 2 aliphatic heterocycles. The number of pyridine rings is 1. The molecule has 22 heavy (non-hydrogen) atoms. The highest BCUT2D eigenvalue weighted by atomic mass is 16.5. The van der Waals surface area contributed by atoms with Gasteiger partial charge < -0.3 is 9.47 Å². The van der Waals surface area contributed by atoms with E-state index < -0.39 is 0 Å². The maximum atomic E-state index is 5.89. The Morgan fingerprint density at radius 1 is 1.05 bits per heavy atom. The van der Waals surface area contributed by atoms with E-state index in [0.29, 0.717) is 36.8 Å². The van der Waals surface area contributed by atoms with Gasteiger partial charge in [0.15, 0.2) is 0 Å². The first-order valence-corrected chi connectivity index (χ1v) is 7.94. The van der Waals surface area contributed by atoms with Crippen LogP contribution in [-0.2, 0) is 9.47 Å². The second kappa shape index (κ2) is 6.07. The van der Waals surface area contributed by atoms with E-state index in [-0.39, 0.29) is 12.1 Å². The van der Waals surface area contributed by atoms with Crippen molar-refractivity contribution in [2.24, 2.45) is 21.8 Å². The Morgan fingerprint density at radius 2 is 1.77 bits per heavy atom. The van der Waals surface area contributed by atoms with Gasteiger partial charge in [-0.15, -0.1) is 0 Å². The molecule has 2 atom stereocenters. The van der Waals surface area contributed by atoms with Crippen molar-refractivity contribution in [3.05, 3.63) is 29.6 Å². The fraction of sp³-hybridized carbons (Fsp3) is 0.588. The van der Waals surface area contributed by atoms with Crippen LogP contribution in [0.5, 0.6) is 0 Å². The molecule has 0 fully saturated rings. The summed E-state index contributed by atoms with van der Waals surface area (Å²) in [5.74, 6) is 2.16. The van der Waals surface area contributed by atoms with E-state index in [1.807, 2.05) is 18.2 Å². The second-order valence-corrected chi connectivity index (χ2v) is 6.51. The van der Waals surface area contributed by atoms with E-state index in [0.717, 1.165) is 11.4 Å². The highest BCUT2D eigenvalue weighted by molar-refractivity contribution is 5.97. The molecule has 0 unspecified atom stereocenters. The molecule has 0 radical (unpaired) electrons. The molecule has 0 aliphatic carbocycles. The molecule has 1 aromatic heterocycles. The van der Waals surface area contributed by atoms with Gasteiger partial charge in [-0.3, -0.25) is 0 Å². The third-order valence-corrected chi connectivity index (χ3v) is 4.05. The summed E-state index contributed by atoms with van der Waals surface area (Å²) in [4.78, 5) is 13.7. The molecule has 118 valence electrons. The Balaban J connectivity index is 1.78. The number of aliphatic imine (C=N–C) groups is 2. The van der Waals surface area contributed by atoms with Crippen molar-refractivity contribution in [1.82, 2.24) is 4.98 Å². The summed E-state index contributed by atoms with van der Waals surface area (Å²) in [7, 11) is 0. The summed E-state index contributed by atoms with van der Waals surface area (Å²) < 4.78 is 11.6. The van der Waals surface area contributed by atoms with Gasteiger partial charge in [0, 0.05) is 0 Å². The number of rotatable bonds is 4. The van der Waals surface area contributed by atoms with E-state index in [9.17, 15) is 0 Å². The Morgan fingerprint density at radius 3 is 2.36 bits per heavy atom. The number of ether oxygens (including phenoxy) is 2. The van der Waals surface area contributed by atoms with E-state index in [2.05, 4.69) is 42.7 Å². The quantitative estimate of drug-likeness (QED) is 0.859. The molecule has 0 aromatic carbocycles. The lowest BCUT2D eigenvalue weighted by atomic mass is 10.1. The highest BCUT2D eigenvalue weighted by Gasteiger charge is 2.26. The Kier molecular flexibility index (Phi) is 4.14. The van der Waals surface area contributed by atoms with Crippen molar-refractivity contribution in [2.75, 3.05) is 13.2 Å². The van der Waals surface area contributed by atoms with Crippen molar-refractivity contribution in [3.63, 3.8) is 0 Å². The maximum Gasteiger partial charge on any atom is 0.235 e. The largest absolute Gasteiger partial charge is 0.474 e. The first-order valence-electron chi connectivity index (χ1n) is 7.94. The number of aromatic nitrogens is 1. The normalized spacial score (nSPS) is 24.3. The average Bonchev–Trinajstić information content (AvgIpc) is 3.17. The molecule has 0 N–H and O–H groups in total. The lowest BCUT2D eigenvalue weighted by Crippen LogP contribution is -2.20. The molecule has 3 heterocycles. The minimum Gasteiger partial charge on any atom is -0.474 e. The minimum absolute atomic E-state index is 0.144. The van der Waals surface area contributed by atoms with Crippen molar-refractivity contribution in [3.8, 4) is 0 Å². The smallest absolute Gasteiger partial charge is 0.235 e. The molecular formula is C17H23N3O2. The number of nitrogens with zero attached hydrogens (tertiary/aromatic N) is 3. The van der Waals surface area contributed by atoms with Crippen LogP contribution in [0.2, 0.25) is 0 Å². The van der Waals surface area contributed by atoms with Crippen LogP contribution in [-0.4, -0.2) is 42.1 Å². The van der Waals surface area contributed by atoms with Gasteiger partial charge in [0.05, 0.1) is 12.6 Å². The Labute approximate surface area is 131 Å². The number of hydrogen-bond acceptors (Lipinski definition) is 5. The molecule has 0 spiro atoms. The minimum atomic E-state index is 0.144. The van der Waals surface area contributed by atoms with Crippen LogP contribution in [0.3, 0.4) is 0 Å². The van der Waals surface area contributed by atoms with Crippen LogP contribution in [0, 0.1) is 11.8 Å². The lowest BCUT2D eigenvalue weighted by molar-refractivity contribution is 0.171. The molecule has 2 aliphatic rings. The molecule has 0 amide bonds. The third kappa shape index (κ3) is 2.98. The Bertz CT molecular complexity index is 608. The monoisotopic (exact) mass is 301 g/mol. The number of hydrogen-bond donors (Lipinski definition) is 0. The molecule has 1 aromatic rings. The molecule has 3 rings (SSSR count). The van der Waals surface area contributed by atoms with Gasteiger partial charge in [0.25, 0.3) is 0 Å². The zero-order valence-electron chi connectivity index (χ0n) is 13.6. The van der Waals surface area contributed by atoms with E-state index in [1.54, 1.807) is 0 Å². The molecule has 0 bridgehead atoms. The summed E-state index contributed by atoms with van der Waals surface area (Å²) in [5, 5.41) is 0. The predicted octanol–water partition coefficient (Wildman–Crippen LogP) is 2.68. The fourth-order valence-electron chi connectivity index (χ4n) is 2.42. The molecule has 0 saturated carbocycles. The van der Waals surface area contributed by atoms with E-state index in [4.69, 9.17) is 9.47 Å². The van der Waals surface area contributed by atoms with E-state index in [1.165, 1.54) is 0 Å². The lowest BCUT2D eigenvalue weighted by Gasteiger charge is -2.14. The van der Waals surface area contributed by atoms with Gasteiger partial charge in [0.2, 0.25) is 11.8 Å². The third-order valence-electron chi connectivity index (χ3n) is 4.05. The van der Waals surface area contributed by atoms with Gasteiger partial charge in [-0.1, -0.05) is 33.8 Å². The standard InChI is InChI=1S/C17H23N3O2/c1-10(2)14-9-21-17(20-14)13-7-5-6-12(19-13)16-18-8-15(22-16)11(3)4/h5-7,10-11,14-15H,8-9H2,1-4H3/t14-,15+/m0/s1. The van der Waals surface area contributed by atoms with Crippen molar-refractivity contribution >= 4 is 11.8 Å². The molecule has 5 nitrogen and oxygen atoms in total. The topological polar surface area (TPSA) is 56.1 Å². The second-order valence-electron chi connectivity index (χ2n) is 6.51. The SMILES string of the molecule is CC(C)[C@@H]1COC(c2cccc(C3=NC[C@H](C(C)C)O3)n2)=N1. The summed E-state index contributed by atoms with van der Waals surface area (Å²) in [5.41, 5.74) is 1.50. The average molecular weight is 301 g/mol. The first kappa shape index (κ1) is 15.0. The summed E-state index contributed by atoms with van der Waals surface area (Å²) in [6.07, 6.45) is 0.144. The molecular weight excluding hydrogens is 278 g/mol. The summed E-state index contributed by atoms with van der Waals surface area (Å²) in [6.45, 7) is 9.91. The summed E-state index contributed by atoms with van der Waals surface area (Å²) in [6, 6.07) is 5.99. The van der Waals surface area contributed by atoms with Crippen LogP contribution in [0.25, 0.3) is 0 Å². The zero-order chi connectivity index (χ0) is 15.7. The molecule has 5 heteroatoms. The van der Waals surface area contributed by atoms with Crippen LogP contribution in [0.15, 0.2) is 28.2 Å². The Hall–Kier alpha value is -1.91. The van der Waals surface area contributed by atoms with Crippen molar-refractivity contribution < 1.29 is 9.47 Å². The van der Waals surface area contributed by atoms with Crippen molar-refractivity contribution in [1.29, 1.82) is 0 Å². The maximum absolute atomic E-state index is 5.89. The van der Waals surface area contributed by atoms with E-state index >= 15 is 0 Å². The highest BCUT2D eigenvalue weighted by Crippen LogP contribution is 2.19. The zero-order valence-corrected chi connectivity index (χ0v) is 13.6. The predicted molar refractivity (Wildman–Crippen MR) is 86.5 cm³/mol. The molecule has 0 saturated heterocycles.